The number of likely N-dealkylation sites (tertiary alicyclic amines) is 1. The van der Waals surface area contributed by atoms with Crippen LogP contribution in [0.5, 0.6) is 0 Å². The van der Waals surface area contributed by atoms with E-state index in [-0.39, 0.29) is 5.97 Å². The third kappa shape index (κ3) is 9.35. The third-order valence-corrected chi connectivity index (χ3v) is 4.06. The molecule has 0 aromatic heterocycles. The number of nitrogens with zero attached hydrogens (tertiary/aromatic N) is 1. The summed E-state index contributed by atoms with van der Waals surface area (Å²) >= 11 is 0. The summed E-state index contributed by atoms with van der Waals surface area (Å²) in [6, 6.07) is 0. The average Bonchev–Trinajstić information content (AvgIpc) is 2.46. The van der Waals surface area contributed by atoms with Crippen LogP contribution in [0.1, 0.15) is 77.6 Å². The molecule has 0 bridgehead atoms. The van der Waals surface area contributed by atoms with Gasteiger partial charge in [0.05, 0.1) is 13.2 Å². The second-order valence-electron chi connectivity index (χ2n) is 6.03. The van der Waals surface area contributed by atoms with Crippen molar-refractivity contribution in [3.05, 3.63) is 0 Å². The highest BCUT2D eigenvalue weighted by atomic mass is 16.5. The first-order valence-electron chi connectivity index (χ1n) is 8.71. The van der Waals surface area contributed by atoms with Crippen molar-refractivity contribution in [2.45, 2.75) is 77.6 Å². The molecule has 0 spiro atoms. The highest BCUT2D eigenvalue weighted by molar-refractivity contribution is 5.71. The Morgan fingerprint density at radius 3 is 2.15 bits per heavy atom. The average molecular weight is 283 g/mol. The number of unbranched alkanes of at least 4 members (excludes halogenated alkanes) is 7. The second-order valence-corrected chi connectivity index (χ2v) is 6.03. The molecule has 20 heavy (non-hydrogen) atoms. The van der Waals surface area contributed by atoms with E-state index in [0.29, 0.717) is 13.2 Å². The molecule has 3 nitrogen and oxygen atoms in total. The molecule has 0 unspecified atom stereocenters. The van der Waals surface area contributed by atoms with Gasteiger partial charge in [0.2, 0.25) is 0 Å². The maximum absolute atomic E-state index is 11.7. The van der Waals surface area contributed by atoms with Gasteiger partial charge in [-0.15, -0.1) is 0 Å². The minimum Gasteiger partial charge on any atom is -0.465 e. The summed E-state index contributed by atoms with van der Waals surface area (Å²) in [5, 5.41) is 0. The Morgan fingerprint density at radius 1 is 0.900 bits per heavy atom. The van der Waals surface area contributed by atoms with Crippen molar-refractivity contribution in [3.63, 3.8) is 0 Å². The Hall–Kier alpha value is -0.570. The normalized spacial score (nSPS) is 16.2. The van der Waals surface area contributed by atoms with Gasteiger partial charge in [0.25, 0.3) is 0 Å². The van der Waals surface area contributed by atoms with Gasteiger partial charge in [-0.25, -0.2) is 0 Å². The predicted octanol–water partition coefficient (Wildman–Crippen LogP) is 4.16. The number of ether oxygens (including phenoxy) is 1. The summed E-state index contributed by atoms with van der Waals surface area (Å²) in [4.78, 5) is 13.9. The zero-order chi connectivity index (χ0) is 14.5. The summed E-state index contributed by atoms with van der Waals surface area (Å²) in [6.07, 6.45) is 14.0. The van der Waals surface area contributed by atoms with E-state index in [9.17, 15) is 4.79 Å². The zero-order valence-electron chi connectivity index (χ0n) is 13.4. The largest absolute Gasteiger partial charge is 0.465 e. The molecule has 0 atom stereocenters. The second kappa shape index (κ2) is 12.2. The summed E-state index contributed by atoms with van der Waals surface area (Å²) in [7, 11) is 0. The van der Waals surface area contributed by atoms with Gasteiger partial charge >= 0.3 is 5.97 Å². The maximum Gasteiger partial charge on any atom is 0.320 e. The molecular weight excluding hydrogens is 250 g/mol. The van der Waals surface area contributed by atoms with Gasteiger partial charge in [0.15, 0.2) is 0 Å². The minimum absolute atomic E-state index is 0.0326. The molecule has 0 amide bonds. The molecule has 0 saturated carbocycles. The van der Waals surface area contributed by atoms with Crippen molar-refractivity contribution >= 4 is 5.97 Å². The van der Waals surface area contributed by atoms with Crippen LogP contribution in [-0.2, 0) is 9.53 Å². The van der Waals surface area contributed by atoms with Crippen molar-refractivity contribution in [1.29, 1.82) is 0 Å². The molecule has 0 aromatic carbocycles. The molecule has 1 aliphatic heterocycles. The van der Waals surface area contributed by atoms with Crippen LogP contribution in [0.15, 0.2) is 0 Å². The summed E-state index contributed by atoms with van der Waals surface area (Å²) in [6.45, 7) is 5.48. The lowest BCUT2D eigenvalue weighted by Gasteiger charge is -2.25. The Bertz CT molecular complexity index is 237. The van der Waals surface area contributed by atoms with E-state index in [1.54, 1.807) is 0 Å². The van der Waals surface area contributed by atoms with Crippen LogP contribution in [0, 0.1) is 0 Å². The minimum atomic E-state index is -0.0326. The van der Waals surface area contributed by atoms with E-state index < -0.39 is 0 Å². The van der Waals surface area contributed by atoms with E-state index >= 15 is 0 Å². The third-order valence-electron chi connectivity index (χ3n) is 4.06. The van der Waals surface area contributed by atoms with Gasteiger partial charge in [-0.3, -0.25) is 9.69 Å². The number of rotatable bonds is 11. The van der Waals surface area contributed by atoms with Crippen LogP contribution in [0.3, 0.4) is 0 Å². The fraction of sp³-hybridized carbons (Fsp3) is 0.941. The summed E-state index contributed by atoms with van der Waals surface area (Å²) in [5.74, 6) is -0.0326. The maximum atomic E-state index is 11.7. The van der Waals surface area contributed by atoms with Crippen LogP contribution >= 0.6 is 0 Å². The van der Waals surface area contributed by atoms with Crippen LogP contribution < -0.4 is 0 Å². The fourth-order valence-corrected chi connectivity index (χ4v) is 2.77. The van der Waals surface area contributed by atoms with Crippen LogP contribution in [0.4, 0.5) is 0 Å². The molecule has 0 aliphatic carbocycles. The van der Waals surface area contributed by atoms with E-state index in [0.717, 1.165) is 19.5 Å². The number of piperidine rings is 1. The molecule has 0 aromatic rings. The lowest BCUT2D eigenvalue weighted by molar-refractivity contribution is -0.145. The van der Waals surface area contributed by atoms with E-state index in [1.165, 1.54) is 64.2 Å². The van der Waals surface area contributed by atoms with E-state index in [2.05, 4.69) is 11.8 Å². The Labute approximate surface area is 125 Å². The number of carbonyl (C=O) groups excluding carboxylic acids is 1. The fourth-order valence-electron chi connectivity index (χ4n) is 2.77. The van der Waals surface area contributed by atoms with Crippen molar-refractivity contribution in [1.82, 2.24) is 4.90 Å². The molecule has 3 heteroatoms. The van der Waals surface area contributed by atoms with Crippen molar-refractivity contribution in [2.24, 2.45) is 0 Å². The SMILES string of the molecule is CCCCCCCCCCOC(=O)CN1CCCCC1. The molecule has 1 heterocycles. The number of esters is 1. The van der Waals surface area contributed by atoms with Gasteiger partial charge in [0.1, 0.15) is 0 Å². The quantitative estimate of drug-likeness (QED) is 0.421. The van der Waals surface area contributed by atoms with Gasteiger partial charge < -0.3 is 4.74 Å². The molecule has 0 radical (unpaired) electrons. The monoisotopic (exact) mass is 283 g/mol. The standard InChI is InChI=1S/C17H33NO2/c1-2-3-4-5-6-7-8-12-15-20-17(19)16-18-13-10-9-11-14-18/h2-16H2,1H3. The highest BCUT2D eigenvalue weighted by Gasteiger charge is 2.14. The number of carbonyl (C=O) groups is 1. The molecule has 118 valence electrons. The predicted molar refractivity (Wildman–Crippen MR) is 83.9 cm³/mol. The van der Waals surface area contributed by atoms with Crippen LogP contribution in [0.2, 0.25) is 0 Å². The van der Waals surface area contributed by atoms with E-state index in [4.69, 9.17) is 4.74 Å². The topological polar surface area (TPSA) is 29.5 Å². The zero-order valence-corrected chi connectivity index (χ0v) is 13.4. The first kappa shape index (κ1) is 17.5. The Kier molecular flexibility index (Phi) is 10.7. The van der Waals surface area contributed by atoms with Gasteiger partial charge in [-0.1, -0.05) is 58.3 Å². The lowest BCUT2D eigenvalue weighted by Crippen LogP contribution is -2.35. The van der Waals surface area contributed by atoms with Crippen LogP contribution in [-0.4, -0.2) is 37.1 Å². The van der Waals surface area contributed by atoms with Gasteiger partial charge in [-0.2, -0.15) is 0 Å². The first-order chi connectivity index (χ1) is 9.83. The van der Waals surface area contributed by atoms with Gasteiger partial charge in [0, 0.05) is 0 Å². The summed E-state index contributed by atoms with van der Waals surface area (Å²) < 4.78 is 5.31. The molecule has 1 saturated heterocycles. The van der Waals surface area contributed by atoms with Crippen LogP contribution in [0.25, 0.3) is 0 Å². The highest BCUT2D eigenvalue weighted by Crippen LogP contribution is 2.09. The van der Waals surface area contributed by atoms with Crippen molar-refractivity contribution < 1.29 is 9.53 Å². The smallest absolute Gasteiger partial charge is 0.320 e. The Balaban J connectivity index is 1.84. The molecule has 1 fully saturated rings. The first-order valence-corrected chi connectivity index (χ1v) is 8.71. The Morgan fingerprint density at radius 2 is 1.50 bits per heavy atom. The number of hydrogen-bond donors (Lipinski definition) is 0. The number of hydrogen-bond acceptors (Lipinski definition) is 3. The van der Waals surface area contributed by atoms with E-state index in [1.807, 2.05) is 0 Å². The molecule has 0 N–H and O–H groups in total. The lowest BCUT2D eigenvalue weighted by atomic mass is 10.1. The van der Waals surface area contributed by atoms with Gasteiger partial charge in [-0.05, 0) is 32.4 Å². The molecular formula is C17H33NO2. The van der Waals surface area contributed by atoms with Crippen molar-refractivity contribution in [2.75, 3.05) is 26.2 Å². The molecule has 1 rings (SSSR count). The van der Waals surface area contributed by atoms with Crippen molar-refractivity contribution in [3.8, 4) is 0 Å². The molecule has 1 aliphatic rings. The summed E-state index contributed by atoms with van der Waals surface area (Å²) in [5.41, 5.74) is 0.